The van der Waals surface area contributed by atoms with Crippen LogP contribution >= 0.6 is 11.3 Å². The lowest BCUT2D eigenvalue weighted by Crippen LogP contribution is -2.56. The number of carbonyl (C=O) groups is 2. The number of likely N-dealkylation sites (N-methyl/N-ethyl adjacent to an activating group) is 1. The van der Waals surface area contributed by atoms with Crippen molar-refractivity contribution in [1.29, 1.82) is 0 Å². The van der Waals surface area contributed by atoms with Gasteiger partial charge in [0.2, 0.25) is 5.91 Å². The first-order chi connectivity index (χ1) is 16.0. The fourth-order valence-corrected chi connectivity index (χ4v) is 6.14. The van der Waals surface area contributed by atoms with E-state index in [9.17, 15) is 9.59 Å². The molecule has 2 aromatic carbocycles. The van der Waals surface area contributed by atoms with Crippen molar-refractivity contribution in [2.75, 3.05) is 31.6 Å². The first-order valence-electron chi connectivity index (χ1n) is 11.5. The van der Waals surface area contributed by atoms with Gasteiger partial charge in [-0.15, -0.1) is 11.3 Å². The zero-order valence-corrected chi connectivity index (χ0v) is 20.1. The van der Waals surface area contributed by atoms with Crippen molar-refractivity contribution < 1.29 is 9.59 Å². The summed E-state index contributed by atoms with van der Waals surface area (Å²) in [7, 11) is 1.82. The number of thiophene rings is 1. The lowest BCUT2D eigenvalue weighted by molar-refractivity contribution is -0.135. The second kappa shape index (κ2) is 8.67. The Kier molecular flexibility index (Phi) is 5.71. The summed E-state index contributed by atoms with van der Waals surface area (Å²) in [5.41, 5.74) is 3.93. The Morgan fingerprint density at radius 3 is 2.45 bits per heavy atom. The van der Waals surface area contributed by atoms with Gasteiger partial charge in [0.25, 0.3) is 5.91 Å². The van der Waals surface area contributed by atoms with Crippen molar-refractivity contribution in [1.82, 2.24) is 9.80 Å². The smallest absolute Gasteiger partial charge is 0.254 e. The van der Waals surface area contributed by atoms with Crippen molar-refractivity contribution in [3.05, 3.63) is 87.6 Å². The van der Waals surface area contributed by atoms with Crippen LogP contribution in [0.15, 0.2) is 66.0 Å². The van der Waals surface area contributed by atoms with Crippen molar-refractivity contribution in [2.45, 2.75) is 31.8 Å². The van der Waals surface area contributed by atoms with Crippen LogP contribution in [-0.4, -0.2) is 54.3 Å². The molecular formula is C27H29N3O2S. The first-order valence-corrected chi connectivity index (χ1v) is 12.3. The van der Waals surface area contributed by atoms with Gasteiger partial charge in [-0.1, -0.05) is 42.0 Å². The highest BCUT2D eigenvalue weighted by atomic mass is 32.1. The van der Waals surface area contributed by atoms with E-state index >= 15 is 0 Å². The summed E-state index contributed by atoms with van der Waals surface area (Å²) in [6.07, 6.45) is 0. The number of hydrogen-bond acceptors (Lipinski definition) is 4. The maximum atomic E-state index is 14.1. The lowest BCUT2D eigenvalue weighted by atomic mass is 9.81. The number of amides is 2. The number of anilines is 1. The molecule has 0 saturated carbocycles. The van der Waals surface area contributed by atoms with Gasteiger partial charge in [-0.2, -0.15) is 0 Å². The summed E-state index contributed by atoms with van der Waals surface area (Å²) < 4.78 is 0. The summed E-state index contributed by atoms with van der Waals surface area (Å²) in [6.45, 7) is 6.41. The Morgan fingerprint density at radius 2 is 1.76 bits per heavy atom. The number of benzene rings is 2. The molecule has 5 rings (SSSR count). The van der Waals surface area contributed by atoms with Crippen LogP contribution in [0.4, 0.5) is 5.69 Å². The van der Waals surface area contributed by atoms with E-state index in [1.165, 1.54) is 11.3 Å². The molecule has 3 heterocycles. The van der Waals surface area contributed by atoms with Crippen molar-refractivity contribution in [3.8, 4) is 0 Å². The Balaban J connectivity index is 1.45. The molecule has 0 N–H and O–H groups in total. The Bertz CT molecular complexity index is 1160. The molecule has 5 nitrogen and oxygen atoms in total. The highest BCUT2D eigenvalue weighted by Crippen LogP contribution is 2.44. The first kappa shape index (κ1) is 21.7. The average molecular weight is 460 g/mol. The monoisotopic (exact) mass is 459 g/mol. The molecule has 0 spiro atoms. The van der Waals surface area contributed by atoms with Gasteiger partial charge in [0.15, 0.2) is 0 Å². The standard InChI is InChI=1S/C27H29N3O2S/c1-18-10-12-20(13-11-18)30-15-14-29(17-19(30)2)27(32)24-21-7-4-5-8-22(21)26(31)28(3)25(24)23-9-6-16-33-23/h4-13,16,19,24-25H,14-15,17H2,1-3H3/t19-,24+,25-/m0/s1. The topological polar surface area (TPSA) is 43.9 Å². The Labute approximate surface area is 199 Å². The molecule has 2 aliphatic heterocycles. The van der Waals surface area contributed by atoms with Crippen molar-refractivity contribution in [3.63, 3.8) is 0 Å². The van der Waals surface area contributed by atoms with E-state index in [1.54, 1.807) is 16.2 Å². The molecule has 1 aromatic heterocycles. The molecule has 6 heteroatoms. The number of nitrogens with zero attached hydrogens (tertiary/aromatic N) is 3. The van der Waals surface area contributed by atoms with Gasteiger partial charge in [-0.3, -0.25) is 9.59 Å². The van der Waals surface area contributed by atoms with Crippen LogP contribution in [-0.2, 0) is 4.79 Å². The summed E-state index contributed by atoms with van der Waals surface area (Å²) in [4.78, 5) is 34.4. The van der Waals surface area contributed by atoms with Gasteiger partial charge in [0.05, 0.1) is 12.0 Å². The zero-order chi connectivity index (χ0) is 23.1. The Hall–Kier alpha value is -3.12. The van der Waals surface area contributed by atoms with Crippen molar-refractivity contribution in [2.24, 2.45) is 0 Å². The molecule has 33 heavy (non-hydrogen) atoms. The highest BCUT2D eigenvalue weighted by molar-refractivity contribution is 7.10. The van der Waals surface area contributed by atoms with Gasteiger partial charge < -0.3 is 14.7 Å². The van der Waals surface area contributed by atoms with E-state index in [4.69, 9.17) is 0 Å². The third-order valence-electron chi connectivity index (χ3n) is 6.99. The van der Waals surface area contributed by atoms with E-state index in [2.05, 4.69) is 43.0 Å². The van der Waals surface area contributed by atoms with Crippen LogP contribution in [0.2, 0.25) is 0 Å². The van der Waals surface area contributed by atoms with Gasteiger partial charge in [0.1, 0.15) is 0 Å². The molecule has 1 fully saturated rings. The van der Waals surface area contributed by atoms with Gasteiger partial charge in [-0.05, 0) is 49.1 Å². The molecule has 3 atom stereocenters. The van der Waals surface area contributed by atoms with Gasteiger partial charge >= 0.3 is 0 Å². The van der Waals surface area contributed by atoms with Gasteiger partial charge in [0, 0.05) is 48.9 Å². The second-order valence-electron chi connectivity index (χ2n) is 9.10. The fraction of sp³-hybridized carbons (Fsp3) is 0.333. The molecule has 2 aliphatic rings. The molecule has 1 saturated heterocycles. The minimum atomic E-state index is -0.402. The molecule has 2 amide bonds. The minimum Gasteiger partial charge on any atom is -0.365 e. The maximum Gasteiger partial charge on any atom is 0.254 e. The van der Waals surface area contributed by atoms with E-state index in [0.29, 0.717) is 18.7 Å². The van der Waals surface area contributed by atoms with E-state index in [-0.39, 0.29) is 23.9 Å². The van der Waals surface area contributed by atoms with Crippen LogP contribution in [0.1, 0.15) is 45.2 Å². The summed E-state index contributed by atoms with van der Waals surface area (Å²) >= 11 is 1.60. The number of aryl methyl sites for hydroxylation is 1. The van der Waals surface area contributed by atoms with Crippen LogP contribution < -0.4 is 4.90 Å². The summed E-state index contributed by atoms with van der Waals surface area (Å²) in [5.74, 6) is -0.318. The van der Waals surface area contributed by atoms with E-state index < -0.39 is 5.92 Å². The normalized spacial score (nSPS) is 22.9. The highest BCUT2D eigenvalue weighted by Gasteiger charge is 2.45. The SMILES string of the molecule is Cc1ccc(N2CCN(C(=O)[C@@H]3c4ccccc4C(=O)N(C)[C@H]3c3cccs3)C[C@@H]2C)cc1. The van der Waals surface area contributed by atoms with Crippen LogP contribution in [0, 0.1) is 6.92 Å². The van der Waals surface area contributed by atoms with E-state index in [0.717, 1.165) is 17.0 Å². The summed E-state index contributed by atoms with van der Waals surface area (Å²) in [5, 5.41) is 2.01. The zero-order valence-electron chi connectivity index (χ0n) is 19.3. The molecular weight excluding hydrogens is 430 g/mol. The molecule has 170 valence electrons. The third-order valence-corrected chi connectivity index (χ3v) is 7.93. The van der Waals surface area contributed by atoms with Crippen LogP contribution in [0.25, 0.3) is 0 Å². The molecule has 0 aliphatic carbocycles. The largest absolute Gasteiger partial charge is 0.365 e. The van der Waals surface area contributed by atoms with E-state index in [1.807, 2.05) is 53.7 Å². The number of rotatable bonds is 3. The van der Waals surface area contributed by atoms with Crippen LogP contribution in [0.5, 0.6) is 0 Å². The molecule has 0 bridgehead atoms. The molecule has 0 unspecified atom stereocenters. The predicted molar refractivity (Wildman–Crippen MR) is 133 cm³/mol. The maximum absolute atomic E-state index is 14.1. The predicted octanol–water partition coefficient (Wildman–Crippen LogP) is 4.70. The third kappa shape index (κ3) is 3.82. The molecule has 3 aromatic rings. The second-order valence-corrected chi connectivity index (χ2v) is 10.1. The lowest BCUT2D eigenvalue weighted by Gasteiger charge is -2.45. The Morgan fingerprint density at radius 1 is 1.00 bits per heavy atom. The number of carbonyl (C=O) groups excluding carboxylic acids is 2. The number of fused-ring (bicyclic) bond motifs is 1. The number of hydrogen-bond donors (Lipinski definition) is 0. The fourth-order valence-electron chi connectivity index (χ4n) is 5.23. The van der Waals surface area contributed by atoms with Crippen molar-refractivity contribution >= 4 is 28.8 Å². The quantitative estimate of drug-likeness (QED) is 0.570. The summed E-state index contributed by atoms with van der Waals surface area (Å²) in [6, 6.07) is 20.1. The molecule has 0 radical (unpaired) electrons. The van der Waals surface area contributed by atoms with Gasteiger partial charge in [-0.25, -0.2) is 0 Å². The van der Waals surface area contributed by atoms with Crippen LogP contribution in [0.3, 0.4) is 0 Å². The number of piperazine rings is 1. The average Bonchev–Trinajstić information content (AvgIpc) is 3.36. The minimum absolute atomic E-state index is 0.0226.